The lowest BCUT2D eigenvalue weighted by molar-refractivity contribution is -0.385. The number of carboxylic acids is 2. The van der Waals surface area contributed by atoms with E-state index in [0.29, 0.717) is 5.56 Å². The molecule has 2 unspecified atom stereocenters. The van der Waals surface area contributed by atoms with Gasteiger partial charge in [0.25, 0.3) is 5.69 Å². The highest BCUT2D eigenvalue weighted by Crippen LogP contribution is 2.43. The molecule has 1 aliphatic rings. The van der Waals surface area contributed by atoms with E-state index in [1.54, 1.807) is 12.1 Å². The van der Waals surface area contributed by atoms with Crippen molar-refractivity contribution in [1.29, 1.82) is 0 Å². The van der Waals surface area contributed by atoms with Crippen LogP contribution in [0.15, 0.2) is 24.3 Å². The molecule has 184 valence electrons. The van der Waals surface area contributed by atoms with Crippen LogP contribution in [-0.2, 0) is 19.2 Å². The van der Waals surface area contributed by atoms with Gasteiger partial charge in [-0.05, 0) is 12.0 Å². The van der Waals surface area contributed by atoms with Crippen LogP contribution in [0, 0.1) is 10.1 Å². The highest BCUT2D eigenvalue weighted by Gasteiger charge is 2.34. The second kappa shape index (κ2) is 12.1. The van der Waals surface area contributed by atoms with Crippen LogP contribution in [-0.4, -0.2) is 74.5 Å². The number of aliphatic hydroxyl groups is 1. The van der Waals surface area contributed by atoms with Crippen molar-refractivity contribution in [2.45, 2.75) is 36.3 Å². The molecule has 0 radical (unpaired) electrons. The molecule has 0 aliphatic heterocycles. The van der Waals surface area contributed by atoms with Crippen LogP contribution in [0.4, 0.5) is 5.69 Å². The molecule has 0 saturated carbocycles. The number of aliphatic carboxylic acids is 2. The molecular weight excluding hydrogens is 472 g/mol. The summed E-state index contributed by atoms with van der Waals surface area (Å²) in [4.78, 5) is 57.3. The number of hydrogen-bond donors (Lipinski definition) is 6. The molecule has 0 bridgehead atoms. The summed E-state index contributed by atoms with van der Waals surface area (Å²) in [5.74, 6) is -4.28. The normalized spacial score (nSPS) is 18.3. The molecule has 1 aromatic rings. The number of carboxylic acid groups (broad SMARTS) is 2. The van der Waals surface area contributed by atoms with Crippen LogP contribution in [0.5, 0.6) is 0 Å². The number of carbonyl (C=O) groups excluding carboxylic acids is 2. The molecule has 0 aromatic heterocycles. The Morgan fingerprint density at radius 2 is 1.94 bits per heavy atom. The zero-order valence-electron chi connectivity index (χ0n) is 17.7. The van der Waals surface area contributed by atoms with Crippen molar-refractivity contribution < 1.29 is 39.4 Å². The van der Waals surface area contributed by atoms with Gasteiger partial charge in [-0.1, -0.05) is 24.3 Å². The first-order valence-corrected chi connectivity index (χ1v) is 11.1. The molecule has 1 aromatic carbocycles. The van der Waals surface area contributed by atoms with Gasteiger partial charge < -0.3 is 31.7 Å². The zero-order chi connectivity index (χ0) is 25.4. The van der Waals surface area contributed by atoms with Gasteiger partial charge in [0.15, 0.2) is 0 Å². The molecular formula is C20H24N4O9S. The van der Waals surface area contributed by atoms with Crippen molar-refractivity contribution in [3.05, 3.63) is 45.5 Å². The number of nitro benzene ring substituents is 1. The minimum absolute atomic E-state index is 0.163. The van der Waals surface area contributed by atoms with Gasteiger partial charge in [-0.15, -0.1) is 11.8 Å². The Kier molecular flexibility index (Phi) is 9.53. The van der Waals surface area contributed by atoms with Crippen molar-refractivity contribution in [3.8, 4) is 0 Å². The van der Waals surface area contributed by atoms with Gasteiger partial charge in [-0.2, -0.15) is 0 Å². The first-order chi connectivity index (χ1) is 16.0. The van der Waals surface area contributed by atoms with Gasteiger partial charge in [-0.25, -0.2) is 0 Å². The van der Waals surface area contributed by atoms with E-state index in [1.165, 1.54) is 18.2 Å². The molecule has 7 N–H and O–H groups in total. The number of nitrogens with zero attached hydrogens (tertiary/aromatic N) is 1. The molecule has 0 saturated heterocycles. The molecule has 34 heavy (non-hydrogen) atoms. The standard InChI is InChI=1S/C20H24N4O9S/c21-11(20(30)31)5-7-15(26)23-12(19(29)22-8-16(27)28)9-34-18-14(25)6-4-10-2-1-3-13(17(10)18)24(32)33/h1-4,6,11-12,14,18,25H,5,7-9,21H2,(H,22,29)(H,23,26)(H,27,28)(H,30,31)/t11-,12-,14?,18?/m0/s1. The molecule has 0 spiro atoms. The van der Waals surface area contributed by atoms with Crippen LogP contribution >= 0.6 is 11.8 Å². The van der Waals surface area contributed by atoms with Gasteiger partial charge >= 0.3 is 11.9 Å². The molecule has 1 aliphatic carbocycles. The maximum atomic E-state index is 12.5. The average Bonchev–Trinajstić information content (AvgIpc) is 2.78. The van der Waals surface area contributed by atoms with Gasteiger partial charge in [0, 0.05) is 18.2 Å². The fourth-order valence-electron chi connectivity index (χ4n) is 3.19. The van der Waals surface area contributed by atoms with Gasteiger partial charge in [0.05, 0.1) is 21.8 Å². The fraction of sp³-hybridized carbons (Fsp3) is 0.400. The summed E-state index contributed by atoms with van der Waals surface area (Å²) in [5.41, 5.74) is 5.95. The van der Waals surface area contributed by atoms with Crippen molar-refractivity contribution in [3.63, 3.8) is 0 Å². The lowest BCUT2D eigenvalue weighted by Gasteiger charge is -2.27. The zero-order valence-corrected chi connectivity index (χ0v) is 18.6. The Labute approximate surface area is 197 Å². The Balaban J connectivity index is 2.18. The number of nitro groups is 1. The van der Waals surface area contributed by atoms with Gasteiger partial charge in [0.2, 0.25) is 11.8 Å². The first kappa shape index (κ1) is 26.8. The maximum Gasteiger partial charge on any atom is 0.322 e. The molecule has 0 fully saturated rings. The van der Waals surface area contributed by atoms with Gasteiger partial charge in [-0.3, -0.25) is 29.3 Å². The second-order valence-electron chi connectivity index (χ2n) is 7.36. The Morgan fingerprint density at radius 3 is 2.56 bits per heavy atom. The van der Waals surface area contributed by atoms with Crippen molar-refractivity contribution in [1.82, 2.24) is 10.6 Å². The minimum Gasteiger partial charge on any atom is -0.480 e. The monoisotopic (exact) mass is 496 g/mol. The second-order valence-corrected chi connectivity index (χ2v) is 8.53. The number of benzene rings is 1. The maximum absolute atomic E-state index is 12.5. The smallest absolute Gasteiger partial charge is 0.322 e. The van der Waals surface area contributed by atoms with Gasteiger partial charge in [0.1, 0.15) is 18.6 Å². The number of thioether (sulfide) groups is 1. The molecule has 2 rings (SSSR count). The molecule has 2 amide bonds. The summed E-state index contributed by atoms with van der Waals surface area (Å²) in [6, 6.07) is 1.90. The summed E-state index contributed by atoms with van der Waals surface area (Å²) in [5, 5.41) is 43.3. The number of nitrogens with one attached hydrogen (secondary N) is 2. The number of fused-ring (bicyclic) bond motifs is 1. The highest BCUT2D eigenvalue weighted by atomic mass is 32.2. The van der Waals surface area contributed by atoms with Crippen LogP contribution in [0.25, 0.3) is 6.08 Å². The number of amides is 2. The van der Waals surface area contributed by atoms with E-state index in [2.05, 4.69) is 10.6 Å². The third-order valence-electron chi connectivity index (χ3n) is 4.89. The highest BCUT2D eigenvalue weighted by molar-refractivity contribution is 7.99. The molecule has 4 atom stereocenters. The molecule has 13 nitrogen and oxygen atoms in total. The summed E-state index contributed by atoms with van der Waals surface area (Å²) in [6.45, 7) is -0.706. The predicted octanol–water partition coefficient (Wildman–Crippen LogP) is -0.365. The number of carbonyl (C=O) groups is 4. The third-order valence-corrected chi connectivity index (χ3v) is 6.29. The first-order valence-electron chi connectivity index (χ1n) is 10.0. The predicted molar refractivity (Wildman–Crippen MR) is 121 cm³/mol. The van der Waals surface area contributed by atoms with E-state index in [9.17, 15) is 34.4 Å². The third kappa shape index (κ3) is 7.26. The van der Waals surface area contributed by atoms with E-state index in [1.807, 2.05) is 0 Å². The van der Waals surface area contributed by atoms with E-state index < -0.39 is 58.7 Å². The van der Waals surface area contributed by atoms with Crippen LogP contribution in [0.2, 0.25) is 0 Å². The Bertz CT molecular complexity index is 1000. The summed E-state index contributed by atoms with van der Waals surface area (Å²) >= 11 is 0.974. The minimum atomic E-state index is -1.31. The topological polar surface area (TPSA) is 222 Å². The fourth-order valence-corrected chi connectivity index (χ4v) is 4.53. The Hall–Kier alpha value is -3.49. The molecule has 14 heteroatoms. The number of rotatable bonds is 12. The summed E-state index contributed by atoms with van der Waals surface area (Å²) in [7, 11) is 0. The van der Waals surface area contributed by atoms with E-state index in [0.717, 1.165) is 11.8 Å². The van der Waals surface area contributed by atoms with Crippen molar-refractivity contribution >= 4 is 47.3 Å². The van der Waals surface area contributed by atoms with E-state index in [4.69, 9.17) is 15.9 Å². The summed E-state index contributed by atoms with van der Waals surface area (Å²) in [6.07, 6.45) is 1.39. The van der Waals surface area contributed by atoms with Crippen molar-refractivity contribution in [2.75, 3.05) is 12.3 Å². The largest absolute Gasteiger partial charge is 0.480 e. The lowest BCUT2D eigenvalue weighted by atomic mass is 9.93. The average molecular weight is 496 g/mol. The number of nitrogens with two attached hydrogens (primary N) is 1. The quantitative estimate of drug-likeness (QED) is 0.162. The SMILES string of the molecule is N[C@@H](CCC(=O)N[C@@H](CSC1c2c(cccc2[N+](=O)[O-])C=CC1O)C(=O)NCC(=O)O)C(=O)O. The number of aliphatic hydroxyl groups excluding tert-OH is 1. The van der Waals surface area contributed by atoms with Crippen LogP contribution in [0.3, 0.4) is 0 Å². The summed E-state index contributed by atoms with van der Waals surface area (Å²) < 4.78 is 0. The van der Waals surface area contributed by atoms with Crippen LogP contribution < -0.4 is 16.4 Å². The van der Waals surface area contributed by atoms with E-state index >= 15 is 0 Å². The van der Waals surface area contributed by atoms with Crippen molar-refractivity contribution in [2.24, 2.45) is 5.73 Å². The molecule has 0 heterocycles. The Morgan fingerprint density at radius 1 is 1.24 bits per heavy atom. The lowest BCUT2D eigenvalue weighted by Crippen LogP contribution is -2.49. The number of hydrogen-bond acceptors (Lipinski definition) is 9. The van der Waals surface area contributed by atoms with Crippen LogP contribution in [0.1, 0.15) is 29.2 Å². The van der Waals surface area contributed by atoms with E-state index in [-0.39, 0.29) is 29.8 Å².